The van der Waals surface area contributed by atoms with Crippen LogP contribution in [0.15, 0.2) is 71.2 Å². The topological polar surface area (TPSA) is 81.9 Å². The Hall–Kier alpha value is -3.61. The molecule has 170 valence electrons. The van der Waals surface area contributed by atoms with Crippen LogP contribution in [0.4, 0.5) is 0 Å². The van der Waals surface area contributed by atoms with Gasteiger partial charge in [0.25, 0.3) is 0 Å². The fraction of sp³-hybridized carbons (Fsp3) is 0.346. The summed E-state index contributed by atoms with van der Waals surface area (Å²) in [6.45, 7) is 6.87. The van der Waals surface area contributed by atoms with Gasteiger partial charge in [-0.3, -0.25) is 15.0 Å². The fourth-order valence-corrected chi connectivity index (χ4v) is 3.52. The van der Waals surface area contributed by atoms with E-state index in [4.69, 9.17) is 9.68 Å². The molecule has 0 spiro atoms. The maximum absolute atomic E-state index is 5.76. The zero-order valence-corrected chi connectivity index (χ0v) is 19.4. The van der Waals surface area contributed by atoms with Gasteiger partial charge in [-0.1, -0.05) is 42.4 Å². The minimum Gasteiger partial charge on any atom is -0.395 e. The molecule has 0 bridgehead atoms. The number of rotatable bonds is 8. The SMILES string of the molecule is Cc1ccc2c(n1)/C(=N/OCC(C)(C)CON=C(c1ccccn1)c1ccccn1)CCC2. The van der Waals surface area contributed by atoms with Crippen molar-refractivity contribution in [1.82, 2.24) is 15.0 Å². The predicted molar refractivity (Wildman–Crippen MR) is 128 cm³/mol. The lowest BCUT2D eigenvalue weighted by molar-refractivity contribution is -0.0000817. The summed E-state index contributed by atoms with van der Waals surface area (Å²) in [5.74, 6) is 0. The molecule has 3 aromatic heterocycles. The number of aryl methyl sites for hydroxylation is 2. The van der Waals surface area contributed by atoms with Crippen molar-refractivity contribution in [3.63, 3.8) is 0 Å². The highest BCUT2D eigenvalue weighted by Gasteiger charge is 2.22. The molecule has 0 unspecified atom stereocenters. The molecule has 0 aromatic carbocycles. The number of pyridine rings is 3. The number of nitrogens with zero attached hydrogens (tertiary/aromatic N) is 5. The lowest BCUT2D eigenvalue weighted by Crippen LogP contribution is -2.25. The van der Waals surface area contributed by atoms with Crippen molar-refractivity contribution in [2.24, 2.45) is 15.7 Å². The van der Waals surface area contributed by atoms with Gasteiger partial charge >= 0.3 is 0 Å². The van der Waals surface area contributed by atoms with Gasteiger partial charge in [0.05, 0.1) is 17.1 Å². The van der Waals surface area contributed by atoms with Crippen LogP contribution in [-0.2, 0) is 16.1 Å². The summed E-state index contributed by atoms with van der Waals surface area (Å²) >= 11 is 0. The molecule has 0 N–H and O–H groups in total. The minimum atomic E-state index is -0.301. The van der Waals surface area contributed by atoms with E-state index in [-0.39, 0.29) is 5.41 Å². The van der Waals surface area contributed by atoms with Crippen molar-refractivity contribution in [2.45, 2.75) is 40.0 Å². The van der Waals surface area contributed by atoms with Crippen molar-refractivity contribution >= 4 is 11.4 Å². The van der Waals surface area contributed by atoms with Gasteiger partial charge in [0.1, 0.15) is 18.9 Å². The molecule has 3 heterocycles. The molecule has 0 atom stereocenters. The van der Waals surface area contributed by atoms with E-state index in [1.165, 1.54) is 5.56 Å². The highest BCUT2D eigenvalue weighted by atomic mass is 16.6. The summed E-state index contributed by atoms with van der Waals surface area (Å²) in [5, 5.41) is 8.81. The largest absolute Gasteiger partial charge is 0.395 e. The van der Waals surface area contributed by atoms with E-state index in [1.54, 1.807) is 12.4 Å². The Bertz CT molecular complexity index is 1090. The Morgan fingerprint density at radius 1 is 0.909 bits per heavy atom. The number of oxime groups is 2. The summed E-state index contributed by atoms with van der Waals surface area (Å²) in [6.07, 6.45) is 6.43. The Kier molecular flexibility index (Phi) is 7.07. The molecule has 3 aromatic rings. The third-order valence-electron chi connectivity index (χ3n) is 5.31. The maximum Gasteiger partial charge on any atom is 0.154 e. The fourth-order valence-electron chi connectivity index (χ4n) is 3.52. The Morgan fingerprint density at radius 2 is 1.61 bits per heavy atom. The normalized spacial score (nSPS) is 14.5. The molecular formula is C26H29N5O2. The van der Waals surface area contributed by atoms with E-state index in [0.29, 0.717) is 30.3 Å². The molecule has 0 amide bonds. The van der Waals surface area contributed by atoms with E-state index >= 15 is 0 Å². The zero-order valence-electron chi connectivity index (χ0n) is 19.4. The summed E-state index contributed by atoms with van der Waals surface area (Å²) in [5.41, 5.74) is 5.82. The van der Waals surface area contributed by atoms with Crippen molar-refractivity contribution in [2.75, 3.05) is 13.2 Å². The van der Waals surface area contributed by atoms with Crippen LogP contribution in [0.5, 0.6) is 0 Å². The zero-order chi connectivity index (χ0) is 23.1. The summed E-state index contributed by atoms with van der Waals surface area (Å²) in [7, 11) is 0. The highest BCUT2D eigenvalue weighted by Crippen LogP contribution is 2.22. The average molecular weight is 444 g/mol. The predicted octanol–water partition coefficient (Wildman–Crippen LogP) is 4.73. The first-order chi connectivity index (χ1) is 16.0. The standard InChI is InChI=1S/C26H29N5O2/c1-19-13-14-20-9-8-12-23(24(20)29-19)30-32-17-26(2,3)18-33-31-25(21-10-4-6-15-27-21)22-11-5-7-16-28-22/h4-7,10-11,13-16H,8-9,12,17-18H2,1-3H3/b30-23+. The summed E-state index contributed by atoms with van der Waals surface area (Å²) in [6, 6.07) is 15.5. The first kappa shape index (κ1) is 22.6. The van der Waals surface area contributed by atoms with Gasteiger partial charge in [-0.05, 0) is 62.1 Å². The average Bonchev–Trinajstić information content (AvgIpc) is 2.83. The number of aromatic nitrogens is 3. The van der Waals surface area contributed by atoms with Gasteiger partial charge in [-0.2, -0.15) is 0 Å². The van der Waals surface area contributed by atoms with Gasteiger partial charge < -0.3 is 9.68 Å². The van der Waals surface area contributed by atoms with Gasteiger partial charge in [0, 0.05) is 23.5 Å². The first-order valence-corrected chi connectivity index (χ1v) is 11.2. The van der Waals surface area contributed by atoms with Gasteiger partial charge in [0.15, 0.2) is 5.71 Å². The quantitative estimate of drug-likeness (QED) is 0.371. The molecular weight excluding hydrogens is 414 g/mol. The van der Waals surface area contributed by atoms with Gasteiger partial charge in [0.2, 0.25) is 0 Å². The molecule has 1 aliphatic rings. The number of hydrogen-bond acceptors (Lipinski definition) is 7. The van der Waals surface area contributed by atoms with Crippen molar-refractivity contribution in [1.29, 1.82) is 0 Å². The van der Waals surface area contributed by atoms with Crippen LogP contribution in [-0.4, -0.2) is 39.6 Å². The second kappa shape index (κ2) is 10.3. The van der Waals surface area contributed by atoms with Crippen LogP contribution in [0.25, 0.3) is 0 Å². The van der Waals surface area contributed by atoms with Crippen molar-refractivity contribution < 1.29 is 9.68 Å². The van der Waals surface area contributed by atoms with E-state index < -0.39 is 0 Å². The molecule has 33 heavy (non-hydrogen) atoms. The monoisotopic (exact) mass is 443 g/mol. The molecule has 0 fully saturated rings. The van der Waals surface area contributed by atoms with Crippen LogP contribution < -0.4 is 0 Å². The first-order valence-electron chi connectivity index (χ1n) is 11.2. The number of fused-ring (bicyclic) bond motifs is 1. The molecule has 7 heteroatoms. The Morgan fingerprint density at radius 3 is 2.27 bits per heavy atom. The molecule has 0 saturated heterocycles. The van der Waals surface area contributed by atoms with Crippen LogP contribution in [0.3, 0.4) is 0 Å². The van der Waals surface area contributed by atoms with Crippen LogP contribution in [0.2, 0.25) is 0 Å². The minimum absolute atomic E-state index is 0.301. The van der Waals surface area contributed by atoms with Crippen LogP contribution in [0, 0.1) is 12.3 Å². The van der Waals surface area contributed by atoms with Crippen LogP contribution in [0.1, 0.15) is 55.0 Å². The Balaban J connectivity index is 1.40. The second-order valence-corrected chi connectivity index (χ2v) is 8.93. The Labute approximate surface area is 194 Å². The van der Waals surface area contributed by atoms with E-state index in [0.717, 1.165) is 36.4 Å². The molecule has 4 rings (SSSR count). The number of hydrogen-bond donors (Lipinski definition) is 0. The maximum atomic E-state index is 5.76. The van der Waals surface area contributed by atoms with Gasteiger partial charge in [-0.25, -0.2) is 0 Å². The third-order valence-corrected chi connectivity index (χ3v) is 5.31. The smallest absolute Gasteiger partial charge is 0.154 e. The van der Waals surface area contributed by atoms with Gasteiger partial charge in [-0.15, -0.1) is 0 Å². The summed E-state index contributed by atoms with van der Waals surface area (Å²) in [4.78, 5) is 25.0. The molecule has 0 radical (unpaired) electrons. The van der Waals surface area contributed by atoms with E-state index in [1.807, 2.05) is 49.4 Å². The molecule has 7 nitrogen and oxygen atoms in total. The van der Waals surface area contributed by atoms with E-state index in [9.17, 15) is 0 Å². The third kappa shape index (κ3) is 6.00. The lowest BCUT2D eigenvalue weighted by Gasteiger charge is -2.22. The highest BCUT2D eigenvalue weighted by molar-refractivity contribution is 6.10. The lowest BCUT2D eigenvalue weighted by atomic mass is 9.94. The second-order valence-electron chi connectivity index (χ2n) is 8.93. The van der Waals surface area contributed by atoms with Crippen molar-refractivity contribution in [3.05, 3.63) is 89.3 Å². The van der Waals surface area contributed by atoms with E-state index in [2.05, 4.69) is 45.2 Å². The molecule has 1 aliphatic carbocycles. The molecule has 0 saturated carbocycles. The van der Waals surface area contributed by atoms with Crippen LogP contribution >= 0.6 is 0 Å². The molecule has 0 aliphatic heterocycles. The summed E-state index contributed by atoms with van der Waals surface area (Å²) < 4.78 is 0. The van der Waals surface area contributed by atoms with Crippen molar-refractivity contribution in [3.8, 4) is 0 Å².